The molecule has 0 saturated carbocycles. The normalized spacial score (nSPS) is 19.5. The fraction of sp³-hybridized carbons (Fsp3) is 0.667. The van der Waals surface area contributed by atoms with Gasteiger partial charge in [-0.1, -0.05) is 18.0 Å². The number of carbonyl (C=O) groups is 1. The van der Waals surface area contributed by atoms with Crippen LogP contribution in [-0.2, 0) is 33.1 Å². The number of benzene rings is 1. The molecule has 1 aromatic carbocycles. The minimum absolute atomic E-state index is 0.0118. The second-order valence-corrected chi connectivity index (χ2v) is 14.7. The van der Waals surface area contributed by atoms with Crippen LogP contribution in [0.1, 0.15) is 97.3 Å². The van der Waals surface area contributed by atoms with Gasteiger partial charge in [0.2, 0.25) is 0 Å². The molecule has 4 rings (SSSR count). The number of nitrogens with zero attached hydrogens (tertiary/aromatic N) is 3. The van der Waals surface area contributed by atoms with Crippen molar-refractivity contribution in [3.63, 3.8) is 0 Å². The first kappa shape index (κ1) is 37.1. The van der Waals surface area contributed by atoms with E-state index in [1.165, 1.54) is 13.2 Å². The zero-order valence-corrected chi connectivity index (χ0v) is 29.4. The third-order valence-corrected chi connectivity index (χ3v) is 9.22. The second-order valence-electron chi connectivity index (χ2n) is 14.4. The van der Waals surface area contributed by atoms with Crippen molar-refractivity contribution in [1.29, 1.82) is 0 Å². The first-order valence-corrected chi connectivity index (χ1v) is 16.6. The van der Waals surface area contributed by atoms with Gasteiger partial charge < -0.3 is 29.0 Å². The summed E-state index contributed by atoms with van der Waals surface area (Å²) >= 11 is 6.39. The molecule has 1 aromatic heterocycles. The zero-order chi connectivity index (χ0) is 34.8. The van der Waals surface area contributed by atoms with Gasteiger partial charge in [0.1, 0.15) is 17.2 Å². The molecule has 1 amide bonds. The molecule has 0 aliphatic carbocycles. The Kier molecular flexibility index (Phi) is 11.3. The molecule has 2 aromatic rings. The van der Waals surface area contributed by atoms with E-state index in [0.717, 1.165) is 37.3 Å². The number of hydrogen-bond acceptors (Lipinski definition) is 8. The molecule has 9 nitrogen and oxygen atoms in total. The summed E-state index contributed by atoms with van der Waals surface area (Å²) in [5, 5.41) is 12.0. The summed E-state index contributed by atoms with van der Waals surface area (Å²) < 4.78 is 64.9. The second kappa shape index (κ2) is 14.4. The summed E-state index contributed by atoms with van der Waals surface area (Å²) in [5.74, 6) is 0.665. The highest BCUT2D eigenvalue weighted by atomic mass is 35.5. The third kappa shape index (κ3) is 9.44. The number of nitrogens with one attached hydrogen (secondary N) is 1. The number of unbranched alkanes of at least 4 members (excludes halogenated alkanes) is 2. The third-order valence-electron chi connectivity index (χ3n) is 8.90. The van der Waals surface area contributed by atoms with E-state index in [1.807, 2.05) is 54.5 Å². The standard InChI is InChI=1S/C33H47BClF3N4O5/c1-30(2,3)45-29(43)42-16-12-15-24(20-42)39-26-18-22(28(35)41-40-26)14-11-9-10-13-21-17-23(33(36,37)38)19-25(44-8)27(21)34-46-31(4,5)32(6,7)47-34/h17-19,24H,9-16,20H2,1-8H3,(H,39,40)/t24-/m1/s1. The summed E-state index contributed by atoms with van der Waals surface area (Å²) in [4.78, 5) is 14.3. The van der Waals surface area contributed by atoms with E-state index in [0.29, 0.717) is 54.3 Å². The molecule has 2 saturated heterocycles. The quantitative estimate of drug-likeness (QED) is 0.207. The number of likely N-dealkylation sites (tertiary alicyclic amines) is 1. The van der Waals surface area contributed by atoms with Crippen LogP contribution in [0.5, 0.6) is 5.75 Å². The average Bonchev–Trinajstić information content (AvgIpc) is 3.18. The van der Waals surface area contributed by atoms with Crippen molar-refractivity contribution in [2.24, 2.45) is 0 Å². The molecular weight excluding hydrogens is 636 g/mol. The lowest BCUT2D eigenvalue weighted by Crippen LogP contribution is -2.47. The average molecular weight is 683 g/mol. The van der Waals surface area contributed by atoms with Crippen LogP contribution >= 0.6 is 11.6 Å². The largest absolute Gasteiger partial charge is 0.498 e. The van der Waals surface area contributed by atoms with Crippen LogP contribution < -0.4 is 15.5 Å². The molecule has 1 N–H and O–H groups in total. The molecule has 3 heterocycles. The maximum Gasteiger partial charge on any atom is 0.498 e. The number of rotatable bonds is 10. The Balaban J connectivity index is 1.39. The summed E-state index contributed by atoms with van der Waals surface area (Å²) in [6, 6.07) is 4.05. The van der Waals surface area contributed by atoms with Crippen LogP contribution in [-0.4, -0.2) is 71.4 Å². The van der Waals surface area contributed by atoms with Crippen molar-refractivity contribution in [3.05, 3.63) is 40.0 Å². The van der Waals surface area contributed by atoms with Crippen molar-refractivity contribution in [2.45, 2.75) is 122 Å². The van der Waals surface area contributed by atoms with Crippen molar-refractivity contribution < 1.29 is 36.7 Å². The first-order chi connectivity index (χ1) is 21.8. The van der Waals surface area contributed by atoms with Crippen molar-refractivity contribution in [1.82, 2.24) is 15.1 Å². The highest BCUT2D eigenvalue weighted by molar-refractivity contribution is 6.63. The number of alkyl halides is 3. The lowest BCUT2D eigenvalue weighted by atomic mass is 9.73. The number of halogens is 4. The number of piperidine rings is 1. The maximum atomic E-state index is 13.8. The number of carbonyl (C=O) groups excluding carboxylic acids is 1. The lowest BCUT2D eigenvalue weighted by Gasteiger charge is -2.34. The molecule has 2 aliphatic rings. The fourth-order valence-corrected chi connectivity index (χ4v) is 5.90. The number of aromatic nitrogens is 2. The molecule has 0 bridgehead atoms. The highest BCUT2D eigenvalue weighted by Crippen LogP contribution is 2.39. The van der Waals surface area contributed by atoms with Crippen LogP contribution in [0.4, 0.5) is 23.8 Å². The number of methoxy groups -OCH3 is 1. The molecule has 2 fully saturated rings. The number of aryl methyl sites for hydroxylation is 2. The van der Waals surface area contributed by atoms with Gasteiger partial charge in [0, 0.05) is 24.6 Å². The van der Waals surface area contributed by atoms with Crippen LogP contribution in [0.2, 0.25) is 5.15 Å². The molecular formula is C33H47BClF3N4O5. The lowest BCUT2D eigenvalue weighted by molar-refractivity contribution is -0.137. The zero-order valence-electron chi connectivity index (χ0n) is 28.6. The predicted molar refractivity (Wildman–Crippen MR) is 176 cm³/mol. The molecule has 0 radical (unpaired) electrons. The van der Waals surface area contributed by atoms with Gasteiger partial charge in [-0.25, -0.2) is 4.79 Å². The van der Waals surface area contributed by atoms with E-state index >= 15 is 0 Å². The van der Waals surface area contributed by atoms with Gasteiger partial charge >= 0.3 is 19.4 Å². The van der Waals surface area contributed by atoms with Gasteiger partial charge in [-0.2, -0.15) is 13.2 Å². The summed E-state index contributed by atoms with van der Waals surface area (Å²) in [6.07, 6.45) is -0.0678. The van der Waals surface area contributed by atoms with Gasteiger partial charge in [0.05, 0.1) is 23.9 Å². The van der Waals surface area contributed by atoms with E-state index in [9.17, 15) is 18.0 Å². The van der Waals surface area contributed by atoms with Crippen LogP contribution in [0.25, 0.3) is 0 Å². The van der Waals surface area contributed by atoms with Gasteiger partial charge in [0.25, 0.3) is 0 Å². The topological polar surface area (TPSA) is 95.0 Å². The number of hydrogen-bond donors (Lipinski definition) is 1. The smallest absolute Gasteiger partial charge is 0.497 e. The summed E-state index contributed by atoms with van der Waals surface area (Å²) in [7, 11) is 0.495. The minimum atomic E-state index is -4.53. The minimum Gasteiger partial charge on any atom is -0.497 e. The SMILES string of the molecule is COc1cc(C(F)(F)F)cc(CCCCCc2cc(N[C@@H]3CCCN(C(=O)OC(C)(C)C)C3)nnc2Cl)c1B1OC(C)(C)C(C)(C)O1. The van der Waals surface area contributed by atoms with E-state index in [1.54, 1.807) is 4.90 Å². The van der Waals surface area contributed by atoms with Crippen molar-refractivity contribution in [2.75, 3.05) is 25.5 Å². The molecule has 2 aliphatic heterocycles. The Hall–Kier alpha value is -2.77. The Morgan fingerprint density at radius 3 is 2.28 bits per heavy atom. The van der Waals surface area contributed by atoms with Gasteiger partial charge in [-0.15, -0.1) is 10.2 Å². The molecule has 47 heavy (non-hydrogen) atoms. The number of ether oxygens (including phenoxy) is 2. The van der Waals surface area contributed by atoms with Crippen LogP contribution in [0, 0.1) is 0 Å². The monoisotopic (exact) mass is 682 g/mol. The first-order valence-electron chi connectivity index (χ1n) is 16.2. The van der Waals surface area contributed by atoms with E-state index < -0.39 is 35.7 Å². The fourth-order valence-electron chi connectivity index (χ4n) is 5.72. The van der Waals surface area contributed by atoms with Gasteiger partial charge in [0.15, 0.2) is 5.15 Å². The van der Waals surface area contributed by atoms with E-state index in [2.05, 4.69) is 15.5 Å². The van der Waals surface area contributed by atoms with Crippen LogP contribution in [0.15, 0.2) is 18.2 Å². The molecule has 260 valence electrons. The predicted octanol–water partition coefficient (Wildman–Crippen LogP) is 7.22. The molecule has 0 spiro atoms. The Morgan fingerprint density at radius 2 is 1.68 bits per heavy atom. The molecule has 0 unspecified atom stereocenters. The maximum absolute atomic E-state index is 13.8. The van der Waals surface area contributed by atoms with Gasteiger partial charge in [-0.05, 0) is 116 Å². The Morgan fingerprint density at radius 1 is 1.04 bits per heavy atom. The summed E-state index contributed by atoms with van der Waals surface area (Å²) in [6.45, 7) is 14.3. The van der Waals surface area contributed by atoms with Crippen LogP contribution in [0.3, 0.4) is 0 Å². The summed E-state index contributed by atoms with van der Waals surface area (Å²) in [5.41, 5.74) is -0.870. The highest BCUT2D eigenvalue weighted by Gasteiger charge is 2.53. The van der Waals surface area contributed by atoms with E-state index in [-0.39, 0.29) is 17.9 Å². The molecule has 14 heteroatoms. The van der Waals surface area contributed by atoms with Crippen molar-refractivity contribution in [3.8, 4) is 5.75 Å². The van der Waals surface area contributed by atoms with Crippen molar-refractivity contribution >= 4 is 36.1 Å². The Labute approximate surface area is 281 Å². The number of amides is 1. The molecule has 1 atom stereocenters. The van der Waals surface area contributed by atoms with E-state index in [4.69, 9.17) is 30.4 Å². The number of anilines is 1. The van der Waals surface area contributed by atoms with Gasteiger partial charge in [-0.3, -0.25) is 0 Å². The Bertz CT molecular complexity index is 1400.